The van der Waals surface area contributed by atoms with Crippen LogP contribution in [-0.4, -0.2) is 32.5 Å². The number of rotatable bonds is 9. The van der Waals surface area contributed by atoms with Gasteiger partial charge in [0.2, 0.25) is 0 Å². The van der Waals surface area contributed by atoms with Gasteiger partial charge in [-0.3, -0.25) is 0 Å². The third kappa shape index (κ3) is 5.79. The smallest absolute Gasteiger partial charge is 0.150 e. The highest BCUT2D eigenvalue weighted by Crippen LogP contribution is 2.24. The van der Waals surface area contributed by atoms with E-state index in [0.29, 0.717) is 30.4 Å². The van der Waals surface area contributed by atoms with Crippen molar-refractivity contribution in [2.45, 2.75) is 51.5 Å². The molecule has 0 bridgehead atoms. The second kappa shape index (κ2) is 7.41. The molecular weight excluding hydrogens is 282 g/mol. The Labute approximate surface area is 129 Å². The topological polar surface area (TPSA) is 46.2 Å². The van der Waals surface area contributed by atoms with E-state index in [1.54, 1.807) is 0 Å². The van der Waals surface area contributed by atoms with Gasteiger partial charge in [0.15, 0.2) is 0 Å². The Balaban J connectivity index is 1.98. The Bertz CT molecular complexity index is 532. The molecule has 1 aliphatic rings. The first-order chi connectivity index (χ1) is 10.00. The molecule has 1 aromatic carbocycles. The fourth-order valence-corrected chi connectivity index (χ4v) is 4.03. The molecule has 1 atom stereocenters. The lowest BCUT2D eigenvalue weighted by molar-refractivity contribution is 0.553. The molecule has 0 radical (unpaired) electrons. The van der Waals surface area contributed by atoms with E-state index in [2.05, 4.69) is 36.5 Å². The van der Waals surface area contributed by atoms with Crippen LogP contribution >= 0.6 is 0 Å². The van der Waals surface area contributed by atoms with E-state index in [1.165, 1.54) is 24.0 Å². The van der Waals surface area contributed by atoms with Crippen LogP contribution in [0, 0.1) is 6.92 Å². The third-order valence-corrected chi connectivity index (χ3v) is 5.96. The summed E-state index contributed by atoms with van der Waals surface area (Å²) in [5, 5.41) is 3.54. The number of hydrogen-bond acceptors (Lipinski definition) is 3. The minimum absolute atomic E-state index is 0.290. The van der Waals surface area contributed by atoms with Crippen LogP contribution in [0.15, 0.2) is 24.3 Å². The van der Waals surface area contributed by atoms with Gasteiger partial charge in [-0.2, -0.15) is 0 Å². The van der Waals surface area contributed by atoms with Gasteiger partial charge in [-0.05, 0) is 44.1 Å². The second-order valence-corrected chi connectivity index (χ2v) is 8.53. The van der Waals surface area contributed by atoms with Crippen molar-refractivity contribution >= 4 is 9.84 Å². The standard InChI is InChI=1S/C17H27NO2S/c1-3-11-21(19,20)12-10-16(13-18-17-8-9-17)15-6-4-14(2)5-7-15/h4-7,16-18H,3,8-13H2,1-2H3. The Morgan fingerprint density at radius 2 is 1.86 bits per heavy atom. The summed E-state index contributed by atoms with van der Waals surface area (Å²) in [6.45, 7) is 4.88. The van der Waals surface area contributed by atoms with Crippen LogP contribution in [0.25, 0.3) is 0 Å². The molecule has 0 heterocycles. The summed E-state index contributed by atoms with van der Waals surface area (Å²) in [7, 11) is -2.89. The van der Waals surface area contributed by atoms with Crippen LogP contribution in [0.1, 0.15) is 49.7 Å². The van der Waals surface area contributed by atoms with Crippen molar-refractivity contribution in [2.75, 3.05) is 18.1 Å². The van der Waals surface area contributed by atoms with Gasteiger partial charge in [0, 0.05) is 18.3 Å². The van der Waals surface area contributed by atoms with Crippen molar-refractivity contribution in [3.63, 3.8) is 0 Å². The lowest BCUT2D eigenvalue weighted by atomic mass is 9.95. The first kappa shape index (κ1) is 16.5. The van der Waals surface area contributed by atoms with E-state index >= 15 is 0 Å². The van der Waals surface area contributed by atoms with Crippen molar-refractivity contribution in [2.24, 2.45) is 0 Å². The van der Waals surface area contributed by atoms with Gasteiger partial charge < -0.3 is 5.32 Å². The molecule has 4 heteroatoms. The van der Waals surface area contributed by atoms with Gasteiger partial charge in [0.1, 0.15) is 9.84 Å². The number of sulfone groups is 1. The average Bonchev–Trinajstić information content (AvgIpc) is 3.24. The van der Waals surface area contributed by atoms with Crippen LogP contribution in [0.2, 0.25) is 0 Å². The van der Waals surface area contributed by atoms with Crippen molar-refractivity contribution in [3.05, 3.63) is 35.4 Å². The molecule has 1 unspecified atom stereocenters. The molecule has 0 aromatic heterocycles. The highest BCUT2D eigenvalue weighted by molar-refractivity contribution is 7.91. The van der Waals surface area contributed by atoms with Gasteiger partial charge in [-0.15, -0.1) is 0 Å². The summed E-state index contributed by atoms with van der Waals surface area (Å²) >= 11 is 0. The summed E-state index contributed by atoms with van der Waals surface area (Å²) in [6, 6.07) is 9.16. The Morgan fingerprint density at radius 3 is 2.43 bits per heavy atom. The summed E-state index contributed by atoms with van der Waals surface area (Å²) in [4.78, 5) is 0. The second-order valence-electron chi connectivity index (χ2n) is 6.23. The minimum Gasteiger partial charge on any atom is -0.313 e. The maximum atomic E-state index is 12.0. The first-order valence-electron chi connectivity index (χ1n) is 8.00. The van der Waals surface area contributed by atoms with E-state index in [0.717, 1.165) is 6.54 Å². The molecule has 1 aromatic rings. The summed E-state index contributed by atoms with van der Waals surface area (Å²) in [5.74, 6) is 0.896. The quantitative estimate of drug-likeness (QED) is 0.762. The lowest BCUT2D eigenvalue weighted by Crippen LogP contribution is -2.25. The summed E-state index contributed by atoms with van der Waals surface area (Å²) < 4.78 is 23.9. The molecule has 1 aliphatic carbocycles. The maximum Gasteiger partial charge on any atom is 0.150 e. The molecule has 2 rings (SSSR count). The number of hydrogen-bond donors (Lipinski definition) is 1. The molecule has 1 saturated carbocycles. The minimum atomic E-state index is -2.89. The van der Waals surface area contributed by atoms with Gasteiger partial charge in [-0.1, -0.05) is 36.8 Å². The van der Waals surface area contributed by atoms with Gasteiger partial charge in [0.05, 0.1) is 5.75 Å². The number of nitrogens with one attached hydrogen (secondary N) is 1. The Morgan fingerprint density at radius 1 is 1.19 bits per heavy atom. The zero-order valence-corrected chi connectivity index (χ0v) is 14.0. The molecule has 118 valence electrons. The highest BCUT2D eigenvalue weighted by Gasteiger charge is 2.23. The lowest BCUT2D eigenvalue weighted by Gasteiger charge is -2.18. The maximum absolute atomic E-state index is 12.0. The van der Waals surface area contributed by atoms with Crippen molar-refractivity contribution < 1.29 is 8.42 Å². The van der Waals surface area contributed by atoms with Crippen LogP contribution in [0.4, 0.5) is 0 Å². The zero-order valence-electron chi connectivity index (χ0n) is 13.1. The van der Waals surface area contributed by atoms with Gasteiger partial charge >= 0.3 is 0 Å². The number of aryl methyl sites for hydroxylation is 1. The molecule has 0 saturated heterocycles. The SMILES string of the molecule is CCCS(=O)(=O)CCC(CNC1CC1)c1ccc(C)cc1. The van der Waals surface area contributed by atoms with Crippen LogP contribution in [-0.2, 0) is 9.84 Å². The largest absolute Gasteiger partial charge is 0.313 e. The predicted molar refractivity (Wildman–Crippen MR) is 88.5 cm³/mol. The molecule has 21 heavy (non-hydrogen) atoms. The number of benzene rings is 1. The fourth-order valence-electron chi connectivity index (χ4n) is 2.56. The first-order valence-corrected chi connectivity index (χ1v) is 9.82. The Kier molecular flexibility index (Phi) is 5.82. The predicted octanol–water partition coefficient (Wildman–Crippen LogP) is 3.05. The van der Waals surface area contributed by atoms with Crippen LogP contribution < -0.4 is 5.32 Å². The van der Waals surface area contributed by atoms with E-state index < -0.39 is 9.84 Å². The highest BCUT2D eigenvalue weighted by atomic mass is 32.2. The third-order valence-electron chi connectivity index (χ3n) is 4.07. The molecule has 1 fully saturated rings. The monoisotopic (exact) mass is 309 g/mol. The molecule has 0 spiro atoms. The Hall–Kier alpha value is -0.870. The molecule has 3 nitrogen and oxygen atoms in total. The average molecular weight is 309 g/mol. The van der Waals surface area contributed by atoms with E-state index in [-0.39, 0.29) is 5.92 Å². The zero-order chi connectivity index (χ0) is 15.3. The van der Waals surface area contributed by atoms with Gasteiger partial charge in [0.25, 0.3) is 0 Å². The molecule has 1 N–H and O–H groups in total. The summed E-state index contributed by atoms with van der Waals surface area (Å²) in [5.41, 5.74) is 2.49. The van der Waals surface area contributed by atoms with E-state index in [9.17, 15) is 8.42 Å². The van der Waals surface area contributed by atoms with Crippen LogP contribution in [0.5, 0.6) is 0 Å². The van der Waals surface area contributed by atoms with E-state index in [1.807, 2.05) is 6.92 Å². The normalized spacial score (nSPS) is 16.9. The molecule has 0 aliphatic heterocycles. The summed E-state index contributed by atoms with van der Waals surface area (Å²) in [6.07, 6.45) is 3.94. The van der Waals surface area contributed by atoms with Crippen molar-refractivity contribution in [1.82, 2.24) is 5.32 Å². The van der Waals surface area contributed by atoms with Crippen molar-refractivity contribution in [1.29, 1.82) is 0 Å². The molecular formula is C17H27NO2S. The molecule has 0 amide bonds. The fraction of sp³-hybridized carbons (Fsp3) is 0.647. The van der Waals surface area contributed by atoms with Crippen molar-refractivity contribution in [3.8, 4) is 0 Å². The van der Waals surface area contributed by atoms with E-state index in [4.69, 9.17) is 0 Å². The van der Waals surface area contributed by atoms with Gasteiger partial charge in [-0.25, -0.2) is 8.42 Å². The van der Waals surface area contributed by atoms with Crippen LogP contribution in [0.3, 0.4) is 0 Å².